The molecule has 2 aromatic rings. The number of nitrogens with zero attached hydrogens (tertiary/aromatic N) is 3. The zero-order chi connectivity index (χ0) is 13.1. The third-order valence-corrected chi connectivity index (χ3v) is 3.13. The van der Waals surface area contributed by atoms with E-state index in [4.69, 9.17) is 10.8 Å². The predicted molar refractivity (Wildman–Crippen MR) is 67.2 cm³/mol. The summed E-state index contributed by atoms with van der Waals surface area (Å²) >= 11 is 1.33. The molecule has 0 saturated heterocycles. The van der Waals surface area contributed by atoms with Crippen molar-refractivity contribution in [1.82, 2.24) is 14.8 Å². The van der Waals surface area contributed by atoms with E-state index in [0.29, 0.717) is 17.4 Å². The Labute approximate surface area is 107 Å². The van der Waals surface area contributed by atoms with E-state index >= 15 is 0 Å². The quantitative estimate of drug-likeness (QED) is 0.731. The van der Waals surface area contributed by atoms with Crippen molar-refractivity contribution in [2.75, 3.05) is 5.32 Å². The van der Waals surface area contributed by atoms with Gasteiger partial charge in [-0.3, -0.25) is 9.48 Å². The lowest BCUT2D eigenvalue weighted by Gasteiger charge is -2.01. The molecule has 0 bridgehead atoms. The van der Waals surface area contributed by atoms with Crippen LogP contribution in [0.4, 0.5) is 5.13 Å². The van der Waals surface area contributed by atoms with E-state index in [-0.39, 0.29) is 0 Å². The minimum atomic E-state index is -1.08. The van der Waals surface area contributed by atoms with Crippen molar-refractivity contribution in [3.8, 4) is 0 Å². The zero-order valence-electron chi connectivity index (χ0n) is 9.70. The van der Waals surface area contributed by atoms with Crippen LogP contribution in [0.2, 0.25) is 0 Å². The molecule has 18 heavy (non-hydrogen) atoms. The Bertz CT molecular complexity index is 550. The summed E-state index contributed by atoms with van der Waals surface area (Å²) in [6.07, 6.45) is 3.65. The summed E-state index contributed by atoms with van der Waals surface area (Å²) in [4.78, 5) is 14.8. The summed E-state index contributed by atoms with van der Waals surface area (Å²) in [6, 6.07) is -1.07. The number of hydrogen-bond acceptors (Lipinski definition) is 6. The van der Waals surface area contributed by atoms with E-state index in [1.165, 1.54) is 11.3 Å². The van der Waals surface area contributed by atoms with Crippen LogP contribution >= 0.6 is 11.3 Å². The number of aromatic nitrogens is 3. The van der Waals surface area contributed by atoms with Crippen LogP contribution < -0.4 is 11.1 Å². The summed E-state index contributed by atoms with van der Waals surface area (Å²) in [5.74, 6) is -1.08. The van der Waals surface area contributed by atoms with Gasteiger partial charge in [0.15, 0.2) is 5.13 Å². The molecule has 0 fully saturated rings. The van der Waals surface area contributed by atoms with Crippen molar-refractivity contribution in [3.05, 3.63) is 29.0 Å². The molecule has 0 aliphatic heterocycles. The molecule has 7 nitrogen and oxygen atoms in total. The van der Waals surface area contributed by atoms with Gasteiger partial charge in [-0.25, -0.2) is 4.98 Å². The second-order valence-corrected chi connectivity index (χ2v) is 4.63. The van der Waals surface area contributed by atoms with Crippen molar-refractivity contribution in [2.45, 2.75) is 12.6 Å². The normalized spacial score (nSPS) is 12.3. The molecule has 4 N–H and O–H groups in total. The third kappa shape index (κ3) is 2.84. The largest absolute Gasteiger partial charge is 0.480 e. The van der Waals surface area contributed by atoms with Gasteiger partial charge >= 0.3 is 5.97 Å². The molecule has 0 radical (unpaired) electrons. The van der Waals surface area contributed by atoms with Gasteiger partial charge in [-0.2, -0.15) is 5.10 Å². The molecule has 1 unspecified atom stereocenters. The Morgan fingerprint density at radius 1 is 1.72 bits per heavy atom. The van der Waals surface area contributed by atoms with E-state index in [9.17, 15) is 4.79 Å². The maximum atomic E-state index is 10.7. The van der Waals surface area contributed by atoms with E-state index in [0.717, 1.165) is 5.56 Å². The lowest BCUT2D eigenvalue weighted by Crippen LogP contribution is -2.20. The average molecular weight is 267 g/mol. The number of aryl methyl sites for hydroxylation is 1. The minimum absolute atomic E-state index is 0.362. The summed E-state index contributed by atoms with van der Waals surface area (Å²) in [7, 11) is 1.84. The van der Waals surface area contributed by atoms with Crippen LogP contribution in [-0.2, 0) is 18.4 Å². The molecular formula is C10H13N5O2S. The van der Waals surface area contributed by atoms with E-state index < -0.39 is 12.0 Å². The Kier molecular flexibility index (Phi) is 3.58. The number of nitrogens with one attached hydrogen (secondary N) is 1. The minimum Gasteiger partial charge on any atom is -0.480 e. The fraction of sp³-hybridized carbons (Fsp3) is 0.300. The Morgan fingerprint density at radius 2 is 2.50 bits per heavy atom. The molecule has 1 atom stereocenters. The molecule has 0 amide bonds. The molecule has 0 spiro atoms. The fourth-order valence-electron chi connectivity index (χ4n) is 1.38. The number of carboxylic acid groups (broad SMARTS) is 1. The lowest BCUT2D eigenvalue weighted by molar-refractivity contribution is -0.138. The van der Waals surface area contributed by atoms with Gasteiger partial charge in [-0.1, -0.05) is 0 Å². The third-order valence-electron chi connectivity index (χ3n) is 2.31. The molecule has 0 aliphatic rings. The number of nitrogens with two attached hydrogens (primary N) is 1. The van der Waals surface area contributed by atoms with Crippen LogP contribution in [-0.4, -0.2) is 25.8 Å². The maximum Gasteiger partial charge on any atom is 0.326 e. The van der Waals surface area contributed by atoms with E-state index in [1.807, 2.05) is 13.2 Å². The smallest absolute Gasteiger partial charge is 0.326 e. The van der Waals surface area contributed by atoms with Crippen molar-refractivity contribution >= 4 is 22.4 Å². The molecule has 0 aliphatic carbocycles. The van der Waals surface area contributed by atoms with Crippen LogP contribution in [0, 0.1) is 0 Å². The molecule has 0 aromatic carbocycles. The van der Waals surface area contributed by atoms with Crippen molar-refractivity contribution < 1.29 is 9.90 Å². The fourth-order valence-corrected chi connectivity index (χ4v) is 2.12. The highest BCUT2D eigenvalue weighted by atomic mass is 32.1. The first-order valence-corrected chi connectivity index (χ1v) is 6.09. The van der Waals surface area contributed by atoms with E-state index in [1.54, 1.807) is 16.3 Å². The SMILES string of the molecule is Cn1cc(CNc2nc(C(N)C(=O)O)cs2)cn1. The molecule has 8 heteroatoms. The van der Waals surface area contributed by atoms with Crippen LogP contribution in [0.3, 0.4) is 0 Å². The van der Waals surface area contributed by atoms with Crippen LogP contribution in [0.15, 0.2) is 17.8 Å². The first-order chi connectivity index (χ1) is 8.56. The highest BCUT2D eigenvalue weighted by Gasteiger charge is 2.17. The van der Waals surface area contributed by atoms with Gasteiger partial charge in [0, 0.05) is 30.7 Å². The monoisotopic (exact) mass is 267 g/mol. The summed E-state index contributed by atoms with van der Waals surface area (Å²) in [5, 5.41) is 18.2. The molecule has 2 heterocycles. The average Bonchev–Trinajstić information content (AvgIpc) is 2.94. The van der Waals surface area contributed by atoms with Gasteiger partial charge < -0.3 is 16.2 Å². The number of thiazole rings is 1. The summed E-state index contributed by atoms with van der Waals surface area (Å²) < 4.78 is 1.71. The standard InChI is InChI=1S/C10H13N5O2S/c1-15-4-6(3-13-15)2-12-10-14-7(5-18-10)8(11)9(16)17/h3-5,8H,2,11H2,1H3,(H,12,14)(H,16,17). The van der Waals surface area contributed by atoms with E-state index in [2.05, 4.69) is 15.4 Å². The predicted octanol–water partition coefficient (Wildman–Crippen LogP) is 0.573. The summed E-state index contributed by atoms with van der Waals surface area (Å²) in [5.41, 5.74) is 6.85. The number of hydrogen-bond donors (Lipinski definition) is 3. The number of anilines is 1. The molecular weight excluding hydrogens is 254 g/mol. The lowest BCUT2D eigenvalue weighted by atomic mass is 10.2. The molecule has 96 valence electrons. The van der Waals surface area contributed by atoms with Gasteiger partial charge in [0.2, 0.25) is 0 Å². The molecule has 0 saturated carbocycles. The number of carboxylic acids is 1. The zero-order valence-corrected chi connectivity index (χ0v) is 10.5. The van der Waals surface area contributed by atoms with Crippen LogP contribution in [0.25, 0.3) is 0 Å². The molecule has 2 rings (SSSR count). The number of aliphatic carboxylic acids is 1. The maximum absolute atomic E-state index is 10.7. The van der Waals surface area contributed by atoms with Gasteiger partial charge in [0.05, 0.1) is 11.9 Å². The topological polar surface area (TPSA) is 106 Å². The van der Waals surface area contributed by atoms with Gasteiger partial charge in [-0.15, -0.1) is 11.3 Å². The van der Waals surface area contributed by atoms with Crippen molar-refractivity contribution in [3.63, 3.8) is 0 Å². The van der Waals surface area contributed by atoms with Crippen LogP contribution in [0.1, 0.15) is 17.3 Å². The Morgan fingerprint density at radius 3 is 3.11 bits per heavy atom. The second-order valence-electron chi connectivity index (χ2n) is 3.77. The van der Waals surface area contributed by atoms with Crippen molar-refractivity contribution in [1.29, 1.82) is 0 Å². The summed E-state index contributed by atoms with van der Waals surface area (Å²) in [6.45, 7) is 0.586. The highest BCUT2D eigenvalue weighted by Crippen LogP contribution is 2.20. The first kappa shape index (κ1) is 12.5. The van der Waals surface area contributed by atoms with Crippen LogP contribution in [0.5, 0.6) is 0 Å². The van der Waals surface area contributed by atoms with Gasteiger partial charge in [0.25, 0.3) is 0 Å². The Hall–Kier alpha value is -1.93. The highest BCUT2D eigenvalue weighted by molar-refractivity contribution is 7.13. The van der Waals surface area contributed by atoms with Gasteiger partial charge in [0.1, 0.15) is 6.04 Å². The van der Waals surface area contributed by atoms with Gasteiger partial charge in [-0.05, 0) is 0 Å². The van der Waals surface area contributed by atoms with Crippen molar-refractivity contribution in [2.24, 2.45) is 12.8 Å². The molecule has 2 aromatic heterocycles. The number of rotatable bonds is 5. The number of carbonyl (C=O) groups is 1. The second kappa shape index (κ2) is 5.15. The Balaban J connectivity index is 1.96. The first-order valence-electron chi connectivity index (χ1n) is 5.21.